The Morgan fingerprint density at radius 2 is 1.71 bits per heavy atom. The van der Waals surface area contributed by atoms with Crippen molar-refractivity contribution in [3.63, 3.8) is 0 Å². The third kappa shape index (κ3) is 5.98. The smallest absolute Gasteiger partial charge is 0.289 e. The van der Waals surface area contributed by atoms with Crippen LogP contribution in [-0.2, 0) is 15.8 Å². The Bertz CT molecular complexity index is 759. The first-order valence-corrected chi connectivity index (χ1v) is 6.59. The molecule has 0 saturated carbocycles. The molecule has 2 rings (SSSR count). The molecule has 0 N–H and O–H groups in total. The van der Waals surface area contributed by atoms with Crippen molar-refractivity contribution in [2.75, 3.05) is 0 Å². The van der Waals surface area contributed by atoms with E-state index in [-0.39, 0.29) is 17.5 Å². The molecule has 1 aromatic heterocycles. The van der Waals surface area contributed by atoms with Gasteiger partial charge in [-0.05, 0) is 42.8 Å². The highest BCUT2D eigenvalue weighted by molar-refractivity contribution is 6.06. The number of allylic oxidation sites excluding steroid dienone is 1. The molecular weight excluding hydrogens is 323 g/mol. The highest BCUT2D eigenvalue weighted by Gasteiger charge is 2.30. The molecule has 0 radical (unpaired) electrons. The van der Waals surface area contributed by atoms with Gasteiger partial charge < -0.3 is 0 Å². The van der Waals surface area contributed by atoms with E-state index in [1.54, 1.807) is 24.4 Å². The zero-order chi connectivity index (χ0) is 18.2. The summed E-state index contributed by atoms with van der Waals surface area (Å²) in [6.45, 7) is 1.83. The van der Waals surface area contributed by atoms with Gasteiger partial charge in [0.15, 0.2) is 5.78 Å². The normalized spacial score (nSPS) is 10.7. The van der Waals surface area contributed by atoms with E-state index in [4.69, 9.17) is 9.59 Å². The average Bonchev–Trinajstić information content (AvgIpc) is 2.53. The first kappa shape index (κ1) is 19.0. The number of pyridine rings is 1. The lowest BCUT2D eigenvalue weighted by Crippen LogP contribution is -2.05. The van der Waals surface area contributed by atoms with Gasteiger partial charge in [-0.25, -0.2) is 0 Å². The summed E-state index contributed by atoms with van der Waals surface area (Å²) < 4.78 is 37.3. The third-order valence-corrected chi connectivity index (χ3v) is 2.84. The van der Waals surface area contributed by atoms with Crippen LogP contribution >= 0.6 is 0 Å². The summed E-state index contributed by atoms with van der Waals surface area (Å²) in [5, 5.41) is 0. The number of hydrogen-bond donors (Lipinski definition) is 0. The van der Waals surface area contributed by atoms with Crippen molar-refractivity contribution in [1.29, 1.82) is 0 Å². The predicted molar refractivity (Wildman–Crippen MR) is 78.8 cm³/mol. The van der Waals surface area contributed by atoms with E-state index in [1.165, 1.54) is 18.2 Å². The number of rotatable bonds is 3. The predicted octanol–water partition coefficient (Wildman–Crippen LogP) is 3.72. The van der Waals surface area contributed by atoms with Gasteiger partial charge in [-0.1, -0.05) is 18.2 Å². The van der Waals surface area contributed by atoms with Crippen LogP contribution in [0.5, 0.6) is 0 Å². The second-order valence-corrected chi connectivity index (χ2v) is 4.59. The van der Waals surface area contributed by atoms with E-state index in [0.29, 0.717) is 0 Å². The summed E-state index contributed by atoms with van der Waals surface area (Å²) in [5.41, 5.74) is 1.07. The lowest BCUT2D eigenvalue weighted by Gasteiger charge is -2.06. The van der Waals surface area contributed by atoms with Crippen LogP contribution < -0.4 is 0 Å². The average molecular weight is 335 g/mol. The van der Waals surface area contributed by atoms with Crippen LogP contribution in [0.2, 0.25) is 0 Å². The van der Waals surface area contributed by atoms with Gasteiger partial charge in [0.05, 0.1) is 5.56 Å². The molecule has 0 aliphatic heterocycles. The Morgan fingerprint density at radius 1 is 1.12 bits per heavy atom. The molecule has 0 bridgehead atoms. The Morgan fingerprint density at radius 3 is 2.21 bits per heavy atom. The van der Waals surface area contributed by atoms with Crippen molar-refractivity contribution >= 4 is 18.0 Å². The molecule has 7 heteroatoms. The summed E-state index contributed by atoms with van der Waals surface area (Å²) in [4.78, 5) is 32.2. The highest BCUT2D eigenvalue weighted by atomic mass is 19.4. The van der Waals surface area contributed by atoms with E-state index in [1.807, 2.05) is 6.92 Å². The fourth-order valence-corrected chi connectivity index (χ4v) is 1.76. The number of carbonyl (C=O) groups excluding carboxylic acids is 3. The highest BCUT2D eigenvalue weighted by Crippen LogP contribution is 2.29. The lowest BCUT2D eigenvalue weighted by molar-refractivity contribution is -0.191. The van der Waals surface area contributed by atoms with Crippen molar-refractivity contribution in [3.05, 3.63) is 71.1 Å². The number of halogens is 3. The second-order valence-electron chi connectivity index (χ2n) is 4.59. The zero-order valence-corrected chi connectivity index (χ0v) is 12.5. The van der Waals surface area contributed by atoms with E-state index < -0.39 is 11.7 Å². The SMILES string of the molecule is Cc1cc(/C=C\C(=O)c2ccc(C(F)(F)F)cc2)ccn1.O=C=O. The Labute approximate surface area is 135 Å². The van der Waals surface area contributed by atoms with E-state index in [0.717, 1.165) is 23.4 Å². The number of ketones is 1. The second kappa shape index (κ2) is 8.55. The number of nitrogens with zero attached hydrogens (tertiary/aromatic N) is 1. The van der Waals surface area contributed by atoms with Gasteiger partial charge in [0.2, 0.25) is 0 Å². The van der Waals surface area contributed by atoms with Crippen LogP contribution in [0.1, 0.15) is 27.2 Å². The van der Waals surface area contributed by atoms with E-state index in [9.17, 15) is 18.0 Å². The molecule has 124 valence electrons. The molecule has 0 saturated heterocycles. The minimum atomic E-state index is -4.40. The zero-order valence-electron chi connectivity index (χ0n) is 12.5. The van der Waals surface area contributed by atoms with Gasteiger partial charge >= 0.3 is 12.3 Å². The summed E-state index contributed by atoms with van der Waals surface area (Å²) in [6, 6.07) is 7.69. The Kier molecular flexibility index (Phi) is 6.77. The number of benzene rings is 1. The number of aromatic nitrogens is 1. The molecule has 1 aromatic carbocycles. The van der Waals surface area contributed by atoms with Crippen molar-refractivity contribution in [2.24, 2.45) is 0 Å². The molecule has 0 amide bonds. The third-order valence-electron chi connectivity index (χ3n) is 2.84. The van der Waals surface area contributed by atoms with Gasteiger partial charge in [0.1, 0.15) is 0 Å². The molecule has 24 heavy (non-hydrogen) atoms. The van der Waals surface area contributed by atoms with Crippen molar-refractivity contribution in [1.82, 2.24) is 4.98 Å². The van der Waals surface area contributed by atoms with Crippen molar-refractivity contribution in [3.8, 4) is 0 Å². The topological polar surface area (TPSA) is 64.1 Å². The largest absolute Gasteiger partial charge is 0.416 e. The van der Waals surface area contributed by atoms with Gasteiger partial charge in [0.25, 0.3) is 0 Å². The minimum absolute atomic E-state index is 0.213. The monoisotopic (exact) mass is 335 g/mol. The maximum Gasteiger partial charge on any atom is 0.416 e. The van der Waals surface area contributed by atoms with Crippen molar-refractivity contribution < 1.29 is 27.6 Å². The molecule has 0 aliphatic rings. The van der Waals surface area contributed by atoms with Crippen LogP contribution in [-0.4, -0.2) is 16.9 Å². The maximum atomic E-state index is 12.4. The quantitative estimate of drug-likeness (QED) is 0.633. The number of alkyl halides is 3. The number of hydrogen-bond acceptors (Lipinski definition) is 4. The first-order chi connectivity index (χ1) is 11.3. The van der Waals surface area contributed by atoms with E-state index >= 15 is 0 Å². The molecule has 0 unspecified atom stereocenters. The first-order valence-electron chi connectivity index (χ1n) is 6.59. The van der Waals surface area contributed by atoms with Crippen LogP contribution in [0, 0.1) is 6.92 Å². The van der Waals surface area contributed by atoms with Gasteiger partial charge in [-0.3, -0.25) is 9.78 Å². The van der Waals surface area contributed by atoms with Gasteiger partial charge in [-0.15, -0.1) is 0 Å². The Hall–Kier alpha value is -3.05. The minimum Gasteiger partial charge on any atom is -0.289 e. The number of aryl methyl sites for hydroxylation is 1. The summed E-state index contributed by atoms with van der Waals surface area (Å²) >= 11 is 0. The molecule has 0 fully saturated rings. The van der Waals surface area contributed by atoms with E-state index in [2.05, 4.69) is 4.98 Å². The molecule has 0 spiro atoms. The molecule has 0 aliphatic carbocycles. The van der Waals surface area contributed by atoms with Gasteiger partial charge in [0, 0.05) is 17.5 Å². The van der Waals surface area contributed by atoms with Gasteiger partial charge in [-0.2, -0.15) is 22.8 Å². The molecule has 1 heterocycles. The van der Waals surface area contributed by atoms with Crippen LogP contribution in [0.4, 0.5) is 13.2 Å². The molecule has 4 nitrogen and oxygen atoms in total. The maximum absolute atomic E-state index is 12.4. The van der Waals surface area contributed by atoms with Crippen LogP contribution in [0.15, 0.2) is 48.7 Å². The fourth-order valence-electron chi connectivity index (χ4n) is 1.76. The standard InChI is InChI=1S/C16H12F3NO.CO2/c1-11-10-12(8-9-20-11)2-7-15(21)13-3-5-14(6-4-13)16(17,18)19;2-1-3/h2-10H,1H3;/b7-2-;. The fraction of sp³-hybridized carbons (Fsp3) is 0.118. The molecular formula is C17H12F3NO3. The summed E-state index contributed by atoms with van der Waals surface area (Å²) in [6.07, 6.45) is 0.412. The molecule has 2 aromatic rings. The Balaban J connectivity index is 0.000000891. The van der Waals surface area contributed by atoms with Crippen molar-refractivity contribution in [2.45, 2.75) is 13.1 Å². The summed E-state index contributed by atoms with van der Waals surface area (Å²) in [5.74, 6) is -0.349. The lowest BCUT2D eigenvalue weighted by atomic mass is 10.1. The summed E-state index contributed by atoms with van der Waals surface area (Å²) in [7, 11) is 0. The number of carbonyl (C=O) groups is 1. The molecule has 0 atom stereocenters. The van der Waals surface area contributed by atoms with Crippen LogP contribution in [0.3, 0.4) is 0 Å². The van der Waals surface area contributed by atoms with Crippen LogP contribution in [0.25, 0.3) is 6.08 Å².